The number of aliphatic imine (C=N–C) groups is 1. The van der Waals surface area contributed by atoms with Crippen LogP contribution in [0.3, 0.4) is 0 Å². The van der Waals surface area contributed by atoms with E-state index in [1.807, 2.05) is 36.4 Å². The van der Waals surface area contributed by atoms with Crippen LogP contribution < -0.4 is 16.0 Å². The summed E-state index contributed by atoms with van der Waals surface area (Å²) in [5.74, 6) is 1.31. The maximum Gasteiger partial charge on any atom is 0.218 e. The minimum absolute atomic E-state index is 0.0770. The van der Waals surface area contributed by atoms with E-state index in [-0.39, 0.29) is 5.96 Å². The normalized spacial score (nSPS) is 11.1. The monoisotopic (exact) mass is 243 g/mol. The SMILES string of the molecule is NC(=Nc1cccc(Oc2ccccc2)c1)NO. The zero-order valence-corrected chi connectivity index (χ0v) is 9.58. The number of hydrogen-bond acceptors (Lipinski definition) is 3. The van der Waals surface area contributed by atoms with Gasteiger partial charge in [-0.05, 0) is 24.3 Å². The van der Waals surface area contributed by atoms with Gasteiger partial charge in [0.15, 0.2) is 0 Å². The molecule has 92 valence electrons. The van der Waals surface area contributed by atoms with Crippen molar-refractivity contribution < 1.29 is 9.94 Å². The molecule has 18 heavy (non-hydrogen) atoms. The molecule has 2 aromatic carbocycles. The third-order valence-corrected chi connectivity index (χ3v) is 2.16. The lowest BCUT2D eigenvalue weighted by molar-refractivity contribution is 0.233. The van der Waals surface area contributed by atoms with Gasteiger partial charge in [0, 0.05) is 6.07 Å². The minimum Gasteiger partial charge on any atom is -0.457 e. The van der Waals surface area contributed by atoms with E-state index in [9.17, 15) is 0 Å². The van der Waals surface area contributed by atoms with Gasteiger partial charge in [-0.2, -0.15) is 0 Å². The molecule has 0 heterocycles. The molecule has 0 saturated heterocycles. The van der Waals surface area contributed by atoms with Crippen molar-refractivity contribution >= 4 is 11.6 Å². The van der Waals surface area contributed by atoms with Crippen molar-refractivity contribution in [3.05, 3.63) is 54.6 Å². The number of nitrogens with one attached hydrogen (secondary N) is 1. The number of hydroxylamine groups is 1. The Hall–Kier alpha value is -2.53. The van der Waals surface area contributed by atoms with Crippen LogP contribution in [0.1, 0.15) is 0 Å². The van der Waals surface area contributed by atoms with Crippen LogP contribution in [0.4, 0.5) is 5.69 Å². The first-order valence-corrected chi connectivity index (χ1v) is 5.35. The van der Waals surface area contributed by atoms with E-state index in [1.165, 1.54) is 0 Å². The van der Waals surface area contributed by atoms with E-state index >= 15 is 0 Å². The molecule has 2 aromatic rings. The van der Waals surface area contributed by atoms with Gasteiger partial charge in [0.1, 0.15) is 11.5 Å². The molecule has 2 rings (SSSR count). The molecule has 0 aliphatic rings. The van der Waals surface area contributed by atoms with Gasteiger partial charge in [0.25, 0.3) is 0 Å². The first-order chi connectivity index (χ1) is 8.78. The quantitative estimate of drug-likeness (QED) is 0.439. The molecule has 0 unspecified atom stereocenters. The maximum absolute atomic E-state index is 8.56. The molecular weight excluding hydrogens is 230 g/mol. The van der Waals surface area contributed by atoms with Crippen LogP contribution in [0.15, 0.2) is 59.6 Å². The van der Waals surface area contributed by atoms with Crippen molar-refractivity contribution in [3.8, 4) is 11.5 Å². The van der Waals surface area contributed by atoms with Crippen LogP contribution in [-0.2, 0) is 0 Å². The van der Waals surface area contributed by atoms with Gasteiger partial charge in [-0.15, -0.1) is 0 Å². The summed E-state index contributed by atoms with van der Waals surface area (Å²) in [6, 6.07) is 16.5. The molecular formula is C13H13N3O2. The van der Waals surface area contributed by atoms with E-state index < -0.39 is 0 Å². The van der Waals surface area contributed by atoms with Crippen molar-refractivity contribution in [2.24, 2.45) is 10.7 Å². The smallest absolute Gasteiger partial charge is 0.218 e. The van der Waals surface area contributed by atoms with Gasteiger partial charge in [-0.1, -0.05) is 24.3 Å². The summed E-state index contributed by atoms with van der Waals surface area (Å²) in [5.41, 5.74) is 7.71. The highest BCUT2D eigenvalue weighted by Gasteiger charge is 1.98. The first-order valence-electron chi connectivity index (χ1n) is 5.35. The number of guanidine groups is 1. The van der Waals surface area contributed by atoms with Gasteiger partial charge < -0.3 is 10.5 Å². The second-order valence-electron chi connectivity index (χ2n) is 3.52. The number of nitrogens with two attached hydrogens (primary N) is 1. The Bertz CT molecular complexity index is 541. The molecule has 0 bridgehead atoms. The largest absolute Gasteiger partial charge is 0.457 e. The Morgan fingerprint density at radius 1 is 1.06 bits per heavy atom. The third kappa shape index (κ3) is 3.23. The van der Waals surface area contributed by atoms with Crippen molar-refractivity contribution in [1.29, 1.82) is 0 Å². The summed E-state index contributed by atoms with van der Waals surface area (Å²) in [5, 5.41) is 8.56. The summed E-state index contributed by atoms with van der Waals surface area (Å²) in [6.07, 6.45) is 0. The van der Waals surface area contributed by atoms with Gasteiger partial charge in [0.05, 0.1) is 5.69 Å². The lowest BCUT2D eigenvalue weighted by Crippen LogP contribution is -2.27. The van der Waals surface area contributed by atoms with Crippen LogP contribution in [0.25, 0.3) is 0 Å². The van der Waals surface area contributed by atoms with E-state index in [2.05, 4.69) is 4.99 Å². The van der Waals surface area contributed by atoms with Gasteiger partial charge >= 0.3 is 0 Å². The van der Waals surface area contributed by atoms with Crippen LogP contribution >= 0.6 is 0 Å². The van der Waals surface area contributed by atoms with E-state index in [4.69, 9.17) is 15.7 Å². The highest BCUT2D eigenvalue weighted by molar-refractivity contribution is 5.79. The Balaban J connectivity index is 2.18. The minimum atomic E-state index is -0.0770. The predicted molar refractivity (Wildman–Crippen MR) is 69.2 cm³/mol. The highest BCUT2D eigenvalue weighted by Crippen LogP contribution is 2.24. The number of ether oxygens (including phenoxy) is 1. The number of benzene rings is 2. The Labute approximate surface area is 105 Å². The van der Waals surface area contributed by atoms with Crippen molar-refractivity contribution in [3.63, 3.8) is 0 Å². The lowest BCUT2D eigenvalue weighted by Gasteiger charge is -2.06. The molecule has 5 heteroatoms. The fourth-order valence-corrected chi connectivity index (χ4v) is 1.41. The second-order valence-corrected chi connectivity index (χ2v) is 3.52. The average Bonchev–Trinajstić information content (AvgIpc) is 2.40. The van der Waals surface area contributed by atoms with Crippen LogP contribution in [-0.4, -0.2) is 11.2 Å². The van der Waals surface area contributed by atoms with E-state index in [0.717, 1.165) is 5.75 Å². The number of nitrogens with zero attached hydrogens (tertiary/aromatic N) is 1. The number of para-hydroxylation sites is 1. The molecule has 0 aliphatic carbocycles. The average molecular weight is 243 g/mol. The molecule has 0 radical (unpaired) electrons. The molecule has 4 N–H and O–H groups in total. The molecule has 0 amide bonds. The maximum atomic E-state index is 8.56. The van der Waals surface area contributed by atoms with Gasteiger partial charge in [-0.3, -0.25) is 5.21 Å². The summed E-state index contributed by atoms with van der Waals surface area (Å²) >= 11 is 0. The van der Waals surface area contributed by atoms with Gasteiger partial charge in [-0.25, -0.2) is 10.5 Å². The zero-order valence-electron chi connectivity index (χ0n) is 9.58. The molecule has 0 spiro atoms. The topological polar surface area (TPSA) is 79.9 Å². The first kappa shape index (κ1) is 11.9. The summed E-state index contributed by atoms with van der Waals surface area (Å²) in [4.78, 5) is 3.93. The Morgan fingerprint density at radius 3 is 2.50 bits per heavy atom. The van der Waals surface area contributed by atoms with Crippen molar-refractivity contribution in [1.82, 2.24) is 5.48 Å². The Kier molecular flexibility index (Phi) is 3.78. The van der Waals surface area contributed by atoms with E-state index in [0.29, 0.717) is 11.4 Å². The fraction of sp³-hybridized carbons (Fsp3) is 0. The lowest BCUT2D eigenvalue weighted by atomic mass is 10.3. The fourth-order valence-electron chi connectivity index (χ4n) is 1.41. The predicted octanol–water partition coefficient (Wildman–Crippen LogP) is 2.40. The molecule has 5 nitrogen and oxygen atoms in total. The molecule has 0 atom stereocenters. The number of hydrogen-bond donors (Lipinski definition) is 3. The summed E-state index contributed by atoms with van der Waals surface area (Å²) in [7, 11) is 0. The van der Waals surface area contributed by atoms with Crippen LogP contribution in [0.2, 0.25) is 0 Å². The van der Waals surface area contributed by atoms with Crippen molar-refractivity contribution in [2.75, 3.05) is 0 Å². The van der Waals surface area contributed by atoms with E-state index in [1.54, 1.807) is 23.7 Å². The highest BCUT2D eigenvalue weighted by atomic mass is 16.5. The standard InChI is InChI=1S/C13H13N3O2/c14-13(16-17)15-10-5-4-8-12(9-10)18-11-6-2-1-3-7-11/h1-9,17H,(H3,14,15,16). The molecule has 0 aromatic heterocycles. The third-order valence-electron chi connectivity index (χ3n) is 2.16. The second kappa shape index (κ2) is 5.70. The molecule has 0 aliphatic heterocycles. The van der Waals surface area contributed by atoms with Crippen LogP contribution in [0.5, 0.6) is 11.5 Å². The Morgan fingerprint density at radius 2 is 1.78 bits per heavy atom. The zero-order chi connectivity index (χ0) is 12.8. The van der Waals surface area contributed by atoms with Crippen LogP contribution in [0, 0.1) is 0 Å². The summed E-state index contributed by atoms with van der Waals surface area (Å²) < 4.78 is 5.64. The number of rotatable bonds is 3. The van der Waals surface area contributed by atoms with Gasteiger partial charge in [0.2, 0.25) is 5.96 Å². The molecule has 0 saturated carbocycles. The summed E-state index contributed by atoms with van der Waals surface area (Å²) in [6.45, 7) is 0. The molecule has 0 fully saturated rings. The van der Waals surface area contributed by atoms with Crippen molar-refractivity contribution in [2.45, 2.75) is 0 Å².